The van der Waals surface area contributed by atoms with E-state index >= 15 is 0 Å². The quantitative estimate of drug-likeness (QED) is 0.449. The number of carbonyl (C=O) groups is 2. The van der Waals surface area contributed by atoms with Crippen LogP contribution in [0.1, 0.15) is 39.2 Å². The SMILES string of the molecule is CCC(C(=O)NC(C)C)N(Cc1ccccc1Cl)C(=O)CCSc1ccc(Cl)cc1. The van der Waals surface area contributed by atoms with Crippen molar-refractivity contribution >= 4 is 46.8 Å². The van der Waals surface area contributed by atoms with Crippen LogP contribution in [-0.2, 0) is 16.1 Å². The molecule has 0 aliphatic rings. The number of nitrogens with one attached hydrogen (secondary N) is 1. The number of hydrogen-bond acceptors (Lipinski definition) is 3. The van der Waals surface area contributed by atoms with Crippen LogP contribution in [0.5, 0.6) is 0 Å². The summed E-state index contributed by atoms with van der Waals surface area (Å²) in [5.74, 6) is 0.405. The number of thioether (sulfide) groups is 1. The summed E-state index contributed by atoms with van der Waals surface area (Å²) in [5, 5.41) is 4.20. The zero-order valence-corrected chi connectivity index (χ0v) is 19.9. The second kappa shape index (κ2) is 12.2. The highest BCUT2D eigenvalue weighted by Gasteiger charge is 2.29. The third kappa shape index (κ3) is 7.53. The van der Waals surface area contributed by atoms with Crippen molar-refractivity contribution in [3.63, 3.8) is 0 Å². The molecule has 30 heavy (non-hydrogen) atoms. The van der Waals surface area contributed by atoms with E-state index in [0.717, 1.165) is 10.5 Å². The molecule has 7 heteroatoms. The molecule has 2 amide bonds. The summed E-state index contributed by atoms with van der Waals surface area (Å²) in [7, 11) is 0. The Hall–Kier alpha value is -1.69. The molecule has 0 heterocycles. The molecule has 0 fully saturated rings. The van der Waals surface area contributed by atoms with Gasteiger partial charge in [0.2, 0.25) is 11.8 Å². The Bertz CT molecular complexity index is 843. The molecule has 0 aliphatic carbocycles. The van der Waals surface area contributed by atoms with E-state index in [0.29, 0.717) is 35.2 Å². The normalized spacial score (nSPS) is 11.9. The van der Waals surface area contributed by atoms with Crippen LogP contribution in [0.25, 0.3) is 0 Å². The summed E-state index contributed by atoms with van der Waals surface area (Å²) in [5.41, 5.74) is 0.827. The van der Waals surface area contributed by atoms with E-state index in [9.17, 15) is 9.59 Å². The van der Waals surface area contributed by atoms with E-state index in [1.165, 1.54) is 0 Å². The van der Waals surface area contributed by atoms with E-state index in [1.807, 2.05) is 63.2 Å². The summed E-state index contributed by atoms with van der Waals surface area (Å²) in [6.07, 6.45) is 0.849. The van der Waals surface area contributed by atoms with Crippen molar-refractivity contribution in [2.24, 2.45) is 0 Å². The molecule has 0 saturated heterocycles. The summed E-state index contributed by atoms with van der Waals surface area (Å²) in [4.78, 5) is 28.6. The minimum Gasteiger partial charge on any atom is -0.352 e. The first-order chi connectivity index (χ1) is 14.3. The van der Waals surface area contributed by atoms with Gasteiger partial charge in [-0.05, 0) is 56.2 Å². The number of hydrogen-bond donors (Lipinski definition) is 1. The molecule has 0 aliphatic heterocycles. The Kier molecular flexibility index (Phi) is 10.0. The molecular formula is C23H28Cl2N2O2S. The zero-order valence-electron chi connectivity index (χ0n) is 17.5. The molecule has 1 unspecified atom stereocenters. The van der Waals surface area contributed by atoms with Crippen LogP contribution in [0.4, 0.5) is 0 Å². The van der Waals surface area contributed by atoms with Crippen LogP contribution in [-0.4, -0.2) is 34.6 Å². The molecule has 0 bridgehead atoms. The average molecular weight is 467 g/mol. The number of halogens is 2. The standard InChI is InChI=1S/C23H28Cl2N2O2S/c1-4-21(23(29)26-16(2)3)27(15-17-7-5-6-8-20(17)25)22(28)13-14-30-19-11-9-18(24)10-12-19/h5-12,16,21H,4,13-15H2,1-3H3,(H,26,29). The smallest absolute Gasteiger partial charge is 0.243 e. The molecule has 2 rings (SSSR count). The van der Waals surface area contributed by atoms with Gasteiger partial charge in [0.05, 0.1) is 0 Å². The van der Waals surface area contributed by atoms with Crippen molar-refractivity contribution < 1.29 is 9.59 Å². The maximum Gasteiger partial charge on any atom is 0.243 e. The minimum absolute atomic E-state index is 0.00396. The van der Waals surface area contributed by atoms with E-state index in [1.54, 1.807) is 22.7 Å². The molecule has 0 aromatic heterocycles. The Labute approximate surface area is 193 Å². The van der Waals surface area contributed by atoms with Crippen LogP contribution in [0.3, 0.4) is 0 Å². The first-order valence-electron chi connectivity index (χ1n) is 10.0. The number of benzene rings is 2. The molecule has 2 aromatic rings. The summed E-state index contributed by atoms with van der Waals surface area (Å²) in [6.45, 7) is 6.04. The van der Waals surface area contributed by atoms with Crippen LogP contribution >= 0.6 is 35.0 Å². The van der Waals surface area contributed by atoms with E-state index in [4.69, 9.17) is 23.2 Å². The highest BCUT2D eigenvalue weighted by molar-refractivity contribution is 7.99. The Balaban J connectivity index is 2.13. The Morgan fingerprint density at radius 1 is 1.07 bits per heavy atom. The molecule has 0 spiro atoms. The molecule has 0 saturated carbocycles. The first kappa shape index (κ1) is 24.6. The fourth-order valence-electron chi connectivity index (χ4n) is 3.04. The van der Waals surface area contributed by atoms with Crippen molar-refractivity contribution in [3.05, 3.63) is 64.1 Å². The molecule has 1 N–H and O–H groups in total. The zero-order chi connectivity index (χ0) is 22.1. The van der Waals surface area contributed by atoms with Gasteiger partial charge in [-0.1, -0.05) is 48.3 Å². The van der Waals surface area contributed by atoms with Gasteiger partial charge in [0.25, 0.3) is 0 Å². The molecule has 0 radical (unpaired) electrons. The molecule has 2 aromatic carbocycles. The monoisotopic (exact) mass is 466 g/mol. The fraction of sp³-hybridized carbons (Fsp3) is 0.391. The van der Waals surface area contributed by atoms with Crippen molar-refractivity contribution in [3.8, 4) is 0 Å². The predicted molar refractivity (Wildman–Crippen MR) is 126 cm³/mol. The van der Waals surface area contributed by atoms with Gasteiger partial charge in [-0.25, -0.2) is 0 Å². The second-order valence-electron chi connectivity index (χ2n) is 7.25. The molecule has 1 atom stereocenters. The van der Waals surface area contributed by atoms with Crippen molar-refractivity contribution in [1.82, 2.24) is 10.2 Å². The van der Waals surface area contributed by atoms with Crippen molar-refractivity contribution in [2.75, 3.05) is 5.75 Å². The predicted octanol–water partition coefficient (Wildman–Crippen LogP) is 5.81. The lowest BCUT2D eigenvalue weighted by Gasteiger charge is -2.31. The third-order valence-corrected chi connectivity index (χ3v) is 6.15. The van der Waals surface area contributed by atoms with Crippen molar-refractivity contribution in [2.45, 2.75) is 57.1 Å². The number of nitrogens with zero attached hydrogens (tertiary/aromatic N) is 1. The van der Waals surface area contributed by atoms with Gasteiger partial charge in [0.15, 0.2) is 0 Å². The van der Waals surface area contributed by atoms with E-state index in [-0.39, 0.29) is 17.9 Å². The van der Waals surface area contributed by atoms with Gasteiger partial charge in [-0.15, -0.1) is 11.8 Å². The number of rotatable bonds is 10. The van der Waals surface area contributed by atoms with Crippen LogP contribution in [0, 0.1) is 0 Å². The van der Waals surface area contributed by atoms with Crippen LogP contribution in [0.15, 0.2) is 53.4 Å². The Morgan fingerprint density at radius 2 is 1.73 bits per heavy atom. The van der Waals surface area contributed by atoms with Gasteiger partial charge < -0.3 is 10.2 Å². The van der Waals surface area contributed by atoms with E-state index < -0.39 is 6.04 Å². The van der Waals surface area contributed by atoms with Gasteiger partial charge in [0.1, 0.15) is 6.04 Å². The highest BCUT2D eigenvalue weighted by Crippen LogP contribution is 2.23. The average Bonchev–Trinajstić information content (AvgIpc) is 2.70. The summed E-state index contributed by atoms with van der Waals surface area (Å²) in [6, 6.07) is 14.4. The largest absolute Gasteiger partial charge is 0.352 e. The molecule has 162 valence electrons. The summed E-state index contributed by atoms with van der Waals surface area (Å²) < 4.78 is 0. The van der Waals surface area contributed by atoms with Gasteiger partial charge >= 0.3 is 0 Å². The van der Waals surface area contributed by atoms with Gasteiger partial charge in [-0.3, -0.25) is 9.59 Å². The van der Waals surface area contributed by atoms with Gasteiger partial charge in [0, 0.05) is 39.7 Å². The maximum absolute atomic E-state index is 13.2. The Morgan fingerprint density at radius 3 is 2.33 bits per heavy atom. The lowest BCUT2D eigenvalue weighted by molar-refractivity contribution is -0.141. The van der Waals surface area contributed by atoms with Crippen LogP contribution in [0.2, 0.25) is 10.0 Å². The van der Waals surface area contributed by atoms with Crippen LogP contribution < -0.4 is 5.32 Å². The second-order valence-corrected chi connectivity index (χ2v) is 9.26. The highest BCUT2D eigenvalue weighted by atomic mass is 35.5. The first-order valence-corrected chi connectivity index (χ1v) is 11.8. The molecular weight excluding hydrogens is 439 g/mol. The molecule has 4 nitrogen and oxygen atoms in total. The fourth-order valence-corrected chi connectivity index (χ4v) is 4.20. The van der Waals surface area contributed by atoms with E-state index in [2.05, 4.69) is 5.32 Å². The maximum atomic E-state index is 13.2. The lowest BCUT2D eigenvalue weighted by Crippen LogP contribution is -2.50. The lowest BCUT2D eigenvalue weighted by atomic mass is 10.1. The van der Waals surface area contributed by atoms with Gasteiger partial charge in [-0.2, -0.15) is 0 Å². The minimum atomic E-state index is -0.545. The van der Waals surface area contributed by atoms with Crippen molar-refractivity contribution in [1.29, 1.82) is 0 Å². The number of carbonyl (C=O) groups excluding carboxylic acids is 2. The number of amides is 2. The summed E-state index contributed by atoms with van der Waals surface area (Å²) >= 11 is 13.8. The topological polar surface area (TPSA) is 49.4 Å². The third-order valence-electron chi connectivity index (χ3n) is 4.51.